The van der Waals surface area contributed by atoms with E-state index in [9.17, 15) is 5.26 Å². The lowest BCUT2D eigenvalue weighted by atomic mass is 9.85. The largest absolute Gasteiger partial charge is 0.530 e. The van der Waals surface area contributed by atoms with Crippen molar-refractivity contribution in [2.75, 3.05) is 20.3 Å². The molecule has 1 saturated carbocycles. The molecule has 4 aliphatic heterocycles. The molecule has 0 amide bonds. The minimum Gasteiger partial charge on any atom is -0.495 e. The van der Waals surface area contributed by atoms with Crippen molar-refractivity contribution < 1.29 is 41.8 Å². The summed E-state index contributed by atoms with van der Waals surface area (Å²) in [6, 6.07) is 13.9. The highest BCUT2D eigenvalue weighted by atomic mass is 35.5. The fourth-order valence-corrected chi connectivity index (χ4v) is 12.2. The summed E-state index contributed by atoms with van der Waals surface area (Å²) in [7, 11) is -3.00. The number of unbranched alkanes of at least 4 members (excludes halogenated alkanes) is 16. The number of nitriles is 1. The maximum absolute atomic E-state index is 15.3. The number of benzene rings is 2. The lowest BCUT2D eigenvalue weighted by molar-refractivity contribution is -0.197. The molecule has 14 nitrogen and oxygen atoms in total. The normalized spacial score (nSPS) is 26.8. The number of phosphoric ester groups is 1. The highest BCUT2D eigenvalue weighted by Gasteiger charge is 2.96. The second kappa shape index (κ2) is 22.9. The number of aliphatic imine (C=N–C) groups is 1. The zero-order valence-electron chi connectivity index (χ0n) is 40.4. The van der Waals surface area contributed by atoms with Crippen molar-refractivity contribution in [1.29, 1.82) is 5.26 Å². The Hall–Kier alpha value is -3.51. The molecule has 2 saturated heterocycles. The van der Waals surface area contributed by atoms with Crippen molar-refractivity contribution in [1.82, 2.24) is 5.01 Å². The number of rotatable bonds is 30. The van der Waals surface area contributed by atoms with Gasteiger partial charge in [-0.2, -0.15) is 10.4 Å². The molecule has 0 radical (unpaired) electrons. The van der Waals surface area contributed by atoms with Gasteiger partial charge in [0.1, 0.15) is 35.6 Å². The van der Waals surface area contributed by atoms with Gasteiger partial charge in [0.25, 0.3) is 0 Å². The van der Waals surface area contributed by atoms with Crippen LogP contribution in [0.3, 0.4) is 0 Å². The van der Waals surface area contributed by atoms with Crippen LogP contribution in [-0.2, 0) is 39.2 Å². The third kappa shape index (κ3) is 11.6. The molecule has 3 fully saturated rings. The molecule has 5 unspecified atom stereocenters. The molecule has 1 spiro atoms. The van der Waals surface area contributed by atoms with E-state index in [0.29, 0.717) is 35.7 Å². The van der Waals surface area contributed by atoms with Crippen LogP contribution in [0.15, 0.2) is 64.3 Å². The molecule has 2 aromatic rings. The summed E-state index contributed by atoms with van der Waals surface area (Å²) in [5, 5.41) is 16.2. The third-order valence-electron chi connectivity index (χ3n) is 14.0. The summed E-state index contributed by atoms with van der Waals surface area (Å²) in [5.41, 5.74) is 4.74. The minimum atomic E-state index is -4.54. The van der Waals surface area contributed by atoms with Crippen LogP contribution in [-0.4, -0.2) is 78.3 Å². The number of para-hydroxylation sites is 1. The van der Waals surface area contributed by atoms with Crippen LogP contribution >= 0.6 is 19.4 Å². The van der Waals surface area contributed by atoms with E-state index in [1.165, 1.54) is 103 Å². The minimum absolute atomic E-state index is 0.115. The van der Waals surface area contributed by atoms with Gasteiger partial charge < -0.3 is 33.9 Å². The molecule has 7 atom stereocenters. The van der Waals surface area contributed by atoms with Crippen molar-refractivity contribution >= 4 is 31.6 Å². The fraction of sp³-hybridized carbons (Fsp3) is 0.667. The van der Waals surface area contributed by atoms with Crippen LogP contribution in [0.5, 0.6) is 11.5 Å². The summed E-state index contributed by atoms with van der Waals surface area (Å²) < 4.78 is 66.7. The van der Waals surface area contributed by atoms with Crippen molar-refractivity contribution in [3.05, 3.63) is 70.4 Å². The number of fused-ring (bicyclic) bond motifs is 1. The summed E-state index contributed by atoms with van der Waals surface area (Å²) in [5.74, 6) is -0.123. The monoisotopic (exact) mass is 965 g/mol. The lowest BCUT2D eigenvalue weighted by Gasteiger charge is -2.40. The molecule has 7 rings (SSSR count). The van der Waals surface area contributed by atoms with Crippen LogP contribution in [0.2, 0.25) is 5.02 Å². The van der Waals surface area contributed by atoms with Crippen LogP contribution in [0, 0.1) is 11.3 Å². The first kappa shape index (κ1) is 51.3. The number of phosphoric acid groups is 1. The second-order valence-corrected chi connectivity index (χ2v) is 21.3. The smallest absolute Gasteiger partial charge is 0.495 e. The van der Waals surface area contributed by atoms with Crippen LogP contribution in [0.4, 0.5) is 0 Å². The molecule has 1 aliphatic carbocycles. The predicted octanol–water partition coefficient (Wildman–Crippen LogP) is 12.1. The molecule has 2 N–H and O–H groups in total. The molecule has 0 bridgehead atoms. The zero-order valence-corrected chi connectivity index (χ0v) is 42.0. The number of hydrazone groups is 1. The van der Waals surface area contributed by atoms with E-state index in [1.807, 2.05) is 32.9 Å². The molecular formula is C51H73ClN5O9P. The summed E-state index contributed by atoms with van der Waals surface area (Å²) in [6.45, 7) is 8.09. The summed E-state index contributed by atoms with van der Waals surface area (Å²) in [4.78, 5) is 4.19. The second-order valence-electron chi connectivity index (χ2n) is 19.3. The predicted molar refractivity (Wildman–Crippen MR) is 260 cm³/mol. The average Bonchev–Trinajstić information content (AvgIpc) is 3.67. The van der Waals surface area contributed by atoms with E-state index >= 15 is 4.57 Å². The first-order valence-corrected chi connectivity index (χ1v) is 26.6. The van der Waals surface area contributed by atoms with Crippen molar-refractivity contribution in [2.24, 2.45) is 15.8 Å². The summed E-state index contributed by atoms with van der Waals surface area (Å²) in [6.07, 6.45) is 24.8. The van der Waals surface area contributed by atoms with E-state index in [-0.39, 0.29) is 30.6 Å². The van der Waals surface area contributed by atoms with E-state index in [1.54, 1.807) is 41.4 Å². The van der Waals surface area contributed by atoms with Crippen molar-refractivity contribution in [3.63, 3.8) is 0 Å². The average molecular weight is 967 g/mol. The van der Waals surface area contributed by atoms with Gasteiger partial charge in [0.2, 0.25) is 0 Å². The number of hydrogen-bond acceptors (Lipinski definition) is 14. The molecule has 2 aromatic carbocycles. The van der Waals surface area contributed by atoms with Crippen molar-refractivity contribution in [2.45, 2.75) is 197 Å². The standard InChI is InChI=1S/C51H73ClN5O9P/c1-6-7-8-9-10-11-12-13-14-15-16-17-18-19-20-21-22-25-40(60-34-38-28-29-39(33-53)44(32-38)59-5)35-62-67(58,63-43-27-24-23-26-41(43)52)64-47-49(4)51(47)50(36-61-49,65-48(2,3)66-51)45-31-30-42-46(54)55-37-56-57(42)45/h23-24,26-30,32,37,40,45,47H,6-22,25,31,34-36H2,1-5H3,(H2,54,55,56)/t40-,45?,47?,49-,50?,51?,67?/m1/s1. The van der Waals surface area contributed by atoms with Gasteiger partial charge in [-0.1, -0.05) is 152 Å². The van der Waals surface area contributed by atoms with Gasteiger partial charge in [-0.05, 0) is 63.4 Å². The number of ether oxygens (including phenoxy) is 5. The van der Waals surface area contributed by atoms with E-state index in [4.69, 9.17) is 54.6 Å². The van der Waals surface area contributed by atoms with E-state index < -0.39 is 48.7 Å². The number of amidine groups is 1. The van der Waals surface area contributed by atoms with Crippen molar-refractivity contribution in [3.8, 4) is 17.6 Å². The van der Waals surface area contributed by atoms with Crippen LogP contribution < -0.4 is 15.0 Å². The molecule has 0 aromatic heterocycles. The van der Waals surface area contributed by atoms with Gasteiger partial charge in [-0.25, -0.2) is 9.56 Å². The molecule has 368 valence electrons. The number of hydrogen-bond donors (Lipinski definition) is 1. The quantitative estimate of drug-likeness (QED) is 0.0582. The molecular weight excluding hydrogens is 893 g/mol. The lowest BCUT2D eigenvalue weighted by Crippen LogP contribution is -2.59. The van der Waals surface area contributed by atoms with Crippen LogP contribution in [0.1, 0.15) is 161 Å². The SMILES string of the molecule is CCCCCCCCCCCCCCCCCCC[C@H](COP(=O)(Oc1ccccc1Cl)OC1C23OC(C)(C)OC2(C2CC=C4C(N)=NC=NN42)CO[C@]13C)OCc1ccc(C#N)c(OC)c1. The first-order valence-electron chi connectivity index (χ1n) is 24.8. The Morgan fingerprint density at radius 3 is 2.22 bits per heavy atom. The highest BCUT2D eigenvalue weighted by Crippen LogP contribution is 2.76. The number of nitrogens with two attached hydrogens (primary N) is 1. The summed E-state index contributed by atoms with van der Waals surface area (Å²) >= 11 is 6.60. The molecule has 16 heteroatoms. The van der Waals surface area contributed by atoms with Gasteiger partial charge in [-0.15, -0.1) is 0 Å². The molecule has 67 heavy (non-hydrogen) atoms. The topological polar surface area (TPSA) is 169 Å². The molecule has 5 aliphatic rings. The van der Waals surface area contributed by atoms with E-state index in [0.717, 1.165) is 24.8 Å². The Morgan fingerprint density at radius 2 is 1.58 bits per heavy atom. The molecule has 4 heterocycles. The van der Waals surface area contributed by atoms with E-state index in [2.05, 4.69) is 23.1 Å². The zero-order chi connectivity index (χ0) is 47.5. The Morgan fingerprint density at radius 1 is 0.925 bits per heavy atom. The van der Waals surface area contributed by atoms with Gasteiger partial charge in [0.15, 0.2) is 22.8 Å². The fourth-order valence-electron chi connectivity index (χ4n) is 10.5. The first-order chi connectivity index (χ1) is 32.3. The number of halogens is 1. The van der Waals surface area contributed by atoms with Crippen LogP contribution in [0.25, 0.3) is 0 Å². The van der Waals surface area contributed by atoms with Gasteiger partial charge in [0.05, 0.1) is 55.4 Å². The number of methoxy groups -OCH3 is 1. The Balaban J connectivity index is 0.995. The van der Waals surface area contributed by atoms with Gasteiger partial charge in [-0.3, -0.25) is 14.1 Å². The maximum atomic E-state index is 15.3. The Bertz CT molecular complexity index is 2170. The number of nitrogens with zero attached hydrogens (tertiary/aromatic N) is 4. The van der Waals surface area contributed by atoms with Gasteiger partial charge in [0, 0.05) is 0 Å². The highest BCUT2D eigenvalue weighted by molar-refractivity contribution is 7.49. The van der Waals surface area contributed by atoms with Gasteiger partial charge >= 0.3 is 7.82 Å². The third-order valence-corrected chi connectivity index (χ3v) is 15.7. The maximum Gasteiger partial charge on any atom is 0.530 e. The Kier molecular flexibility index (Phi) is 17.6. The Labute approximate surface area is 403 Å².